The maximum Gasteiger partial charge on any atom is 0.255 e. The van der Waals surface area contributed by atoms with Crippen LogP contribution in [0.3, 0.4) is 0 Å². The zero-order valence-corrected chi connectivity index (χ0v) is 11.8. The maximum atomic E-state index is 12.4. The van der Waals surface area contributed by atoms with E-state index in [2.05, 4.69) is 20.9 Å². The van der Waals surface area contributed by atoms with Gasteiger partial charge < -0.3 is 9.88 Å². The monoisotopic (exact) mass is 312 g/mol. The molecule has 0 aromatic carbocycles. The van der Waals surface area contributed by atoms with Gasteiger partial charge >= 0.3 is 0 Å². The number of pyridine rings is 1. The lowest BCUT2D eigenvalue weighted by molar-refractivity contribution is 0.0696. The summed E-state index contributed by atoms with van der Waals surface area (Å²) in [5.41, 5.74) is 0.377. The molecule has 1 N–H and O–H groups in total. The van der Waals surface area contributed by atoms with Gasteiger partial charge in [0.25, 0.3) is 5.91 Å². The standard InChI is InChI=1S/C13H17BrN2O2/c14-7-8-16(11-3-1-2-4-11)13(18)10-5-6-12(17)15-9-10/h5-6,9,11H,1-4,7-8H2,(H,15,17). The Bertz CT molecular complexity index is 446. The first-order chi connectivity index (χ1) is 8.72. The summed E-state index contributed by atoms with van der Waals surface area (Å²) >= 11 is 3.40. The number of hydrogen-bond donors (Lipinski definition) is 1. The molecule has 0 aliphatic heterocycles. The molecule has 5 heteroatoms. The van der Waals surface area contributed by atoms with Crippen molar-refractivity contribution in [3.05, 3.63) is 34.2 Å². The van der Waals surface area contributed by atoms with E-state index in [4.69, 9.17) is 0 Å². The number of nitrogens with zero attached hydrogens (tertiary/aromatic N) is 1. The molecule has 0 spiro atoms. The molecule has 1 heterocycles. The molecule has 98 valence electrons. The molecule has 0 radical (unpaired) electrons. The van der Waals surface area contributed by atoms with E-state index in [1.807, 2.05) is 4.90 Å². The molecule has 0 bridgehead atoms. The molecule has 0 unspecified atom stereocenters. The Labute approximate surface area is 115 Å². The Morgan fingerprint density at radius 3 is 2.67 bits per heavy atom. The van der Waals surface area contributed by atoms with Gasteiger partial charge in [-0.1, -0.05) is 28.8 Å². The van der Waals surface area contributed by atoms with Crippen molar-refractivity contribution in [1.29, 1.82) is 0 Å². The molecule has 4 nitrogen and oxygen atoms in total. The number of carbonyl (C=O) groups excluding carboxylic acids is 1. The van der Waals surface area contributed by atoms with E-state index in [-0.39, 0.29) is 11.5 Å². The maximum absolute atomic E-state index is 12.4. The van der Waals surface area contributed by atoms with Crippen LogP contribution in [0.1, 0.15) is 36.0 Å². The minimum atomic E-state index is -0.181. The number of alkyl halides is 1. The first-order valence-electron chi connectivity index (χ1n) is 6.28. The smallest absolute Gasteiger partial charge is 0.255 e. The summed E-state index contributed by atoms with van der Waals surface area (Å²) in [6.07, 6.45) is 6.07. The molecule has 18 heavy (non-hydrogen) atoms. The first-order valence-corrected chi connectivity index (χ1v) is 7.40. The number of aromatic nitrogens is 1. The van der Waals surface area contributed by atoms with Crippen LogP contribution in [-0.2, 0) is 0 Å². The number of amides is 1. The highest BCUT2D eigenvalue weighted by atomic mass is 79.9. The van der Waals surface area contributed by atoms with Crippen LogP contribution in [0.2, 0.25) is 0 Å². The summed E-state index contributed by atoms with van der Waals surface area (Å²) in [6, 6.07) is 3.34. The highest BCUT2D eigenvalue weighted by Crippen LogP contribution is 2.24. The Kier molecular flexibility index (Phi) is 4.58. The van der Waals surface area contributed by atoms with Crippen molar-refractivity contribution >= 4 is 21.8 Å². The van der Waals surface area contributed by atoms with Gasteiger partial charge in [0.2, 0.25) is 5.56 Å². The molecule has 2 rings (SSSR count). The average Bonchev–Trinajstić information content (AvgIpc) is 2.90. The molecule has 1 aromatic heterocycles. The van der Waals surface area contributed by atoms with E-state index in [0.29, 0.717) is 18.2 Å². The topological polar surface area (TPSA) is 53.2 Å². The fourth-order valence-corrected chi connectivity index (χ4v) is 2.85. The molecule has 1 aliphatic rings. The SMILES string of the molecule is O=C(c1ccc(=O)[nH]c1)N(CCBr)C1CCCC1. The van der Waals surface area contributed by atoms with Gasteiger partial charge in [-0.2, -0.15) is 0 Å². The van der Waals surface area contributed by atoms with Crippen LogP contribution in [0, 0.1) is 0 Å². The fraction of sp³-hybridized carbons (Fsp3) is 0.538. The van der Waals surface area contributed by atoms with Crippen molar-refractivity contribution in [2.75, 3.05) is 11.9 Å². The second-order valence-corrected chi connectivity index (χ2v) is 5.36. The van der Waals surface area contributed by atoms with Crippen LogP contribution >= 0.6 is 15.9 Å². The summed E-state index contributed by atoms with van der Waals surface area (Å²) in [5.74, 6) is 0.0117. The largest absolute Gasteiger partial charge is 0.335 e. The number of halogens is 1. The van der Waals surface area contributed by atoms with Gasteiger partial charge in [0.1, 0.15) is 0 Å². The van der Waals surface area contributed by atoms with E-state index in [1.165, 1.54) is 25.1 Å². The predicted molar refractivity (Wildman–Crippen MR) is 74.1 cm³/mol. The number of aromatic amines is 1. The van der Waals surface area contributed by atoms with Crippen LogP contribution in [0.25, 0.3) is 0 Å². The minimum absolute atomic E-state index is 0.0117. The van der Waals surface area contributed by atoms with E-state index < -0.39 is 0 Å². The molecule has 0 saturated heterocycles. The van der Waals surface area contributed by atoms with Gasteiger partial charge in [-0.25, -0.2) is 0 Å². The summed E-state index contributed by atoms with van der Waals surface area (Å²) in [4.78, 5) is 27.9. The van der Waals surface area contributed by atoms with E-state index in [0.717, 1.165) is 18.2 Å². The first kappa shape index (κ1) is 13.3. The Balaban J connectivity index is 2.16. The van der Waals surface area contributed by atoms with Crippen LogP contribution in [-0.4, -0.2) is 33.7 Å². The van der Waals surface area contributed by atoms with E-state index in [9.17, 15) is 9.59 Å². The number of H-pyrrole nitrogens is 1. The van der Waals surface area contributed by atoms with Gasteiger partial charge in [-0.05, 0) is 18.9 Å². The second kappa shape index (κ2) is 6.18. The molecule has 0 atom stereocenters. The highest BCUT2D eigenvalue weighted by molar-refractivity contribution is 9.09. The third kappa shape index (κ3) is 3.02. The van der Waals surface area contributed by atoms with Crippen molar-refractivity contribution in [3.8, 4) is 0 Å². The zero-order chi connectivity index (χ0) is 13.0. The Morgan fingerprint density at radius 2 is 2.11 bits per heavy atom. The summed E-state index contributed by atoms with van der Waals surface area (Å²) < 4.78 is 0. The van der Waals surface area contributed by atoms with Crippen LogP contribution in [0.15, 0.2) is 23.1 Å². The van der Waals surface area contributed by atoms with Crippen molar-refractivity contribution in [1.82, 2.24) is 9.88 Å². The number of hydrogen-bond acceptors (Lipinski definition) is 2. The fourth-order valence-electron chi connectivity index (χ4n) is 2.47. The van der Waals surface area contributed by atoms with Gasteiger partial charge in [-0.3, -0.25) is 9.59 Å². The van der Waals surface area contributed by atoms with Crippen molar-refractivity contribution in [2.24, 2.45) is 0 Å². The lowest BCUT2D eigenvalue weighted by atomic mass is 10.1. The molecule has 1 amide bonds. The lowest BCUT2D eigenvalue weighted by Crippen LogP contribution is -2.40. The average molecular weight is 313 g/mol. The Hall–Kier alpha value is -1.10. The third-order valence-corrected chi connectivity index (χ3v) is 3.74. The van der Waals surface area contributed by atoms with Gasteiger partial charge in [0, 0.05) is 30.2 Å². The quantitative estimate of drug-likeness (QED) is 0.866. The molecule has 1 saturated carbocycles. The number of rotatable bonds is 4. The van der Waals surface area contributed by atoms with Crippen LogP contribution < -0.4 is 5.56 Å². The summed E-state index contributed by atoms with van der Waals surface area (Å²) in [5, 5.41) is 0.776. The summed E-state index contributed by atoms with van der Waals surface area (Å²) in [6.45, 7) is 0.711. The number of nitrogens with one attached hydrogen (secondary N) is 1. The van der Waals surface area contributed by atoms with Crippen LogP contribution in [0.5, 0.6) is 0 Å². The van der Waals surface area contributed by atoms with E-state index in [1.54, 1.807) is 6.07 Å². The van der Waals surface area contributed by atoms with Crippen molar-refractivity contribution in [2.45, 2.75) is 31.7 Å². The van der Waals surface area contributed by atoms with Crippen molar-refractivity contribution in [3.63, 3.8) is 0 Å². The second-order valence-electron chi connectivity index (χ2n) is 4.57. The zero-order valence-electron chi connectivity index (χ0n) is 10.2. The minimum Gasteiger partial charge on any atom is -0.335 e. The summed E-state index contributed by atoms with van der Waals surface area (Å²) in [7, 11) is 0. The lowest BCUT2D eigenvalue weighted by Gasteiger charge is -2.28. The van der Waals surface area contributed by atoms with Gasteiger partial charge in [0.05, 0.1) is 5.56 Å². The normalized spacial score (nSPS) is 15.8. The molecular formula is C13H17BrN2O2. The van der Waals surface area contributed by atoms with Crippen molar-refractivity contribution < 1.29 is 4.79 Å². The van der Waals surface area contributed by atoms with Gasteiger partial charge in [0.15, 0.2) is 0 Å². The third-order valence-electron chi connectivity index (χ3n) is 3.38. The number of carbonyl (C=O) groups is 1. The molecule has 1 aliphatic carbocycles. The highest BCUT2D eigenvalue weighted by Gasteiger charge is 2.26. The predicted octanol–water partition coefficient (Wildman–Crippen LogP) is 2.15. The van der Waals surface area contributed by atoms with Crippen LogP contribution in [0.4, 0.5) is 0 Å². The molecule has 1 fully saturated rings. The molecular weight excluding hydrogens is 296 g/mol. The van der Waals surface area contributed by atoms with Gasteiger partial charge in [-0.15, -0.1) is 0 Å². The Morgan fingerprint density at radius 1 is 1.39 bits per heavy atom. The van der Waals surface area contributed by atoms with E-state index >= 15 is 0 Å². The molecule has 1 aromatic rings.